The van der Waals surface area contributed by atoms with E-state index in [0.29, 0.717) is 6.54 Å². The van der Waals surface area contributed by atoms with Gasteiger partial charge in [-0.15, -0.1) is 0 Å². The molecule has 0 aliphatic rings. The molecule has 0 unspecified atom stereocenters. The molecule has 0 aromatic heterocycles. The van der Waals surface area contributed by atoms with Crippen LogP contribution in [0.3, 0.4) is 0 Å². The number of benzene rings is 1. The van der Waals surface area contributed by atoms with Gasteiger partial charge in [-0.25, -0.2) is 4.99 Å². The van der Waals surface area contributed by atoms with Crippen molar-refractivity contribution in [2.45, 2.75) is 47.1 Å². The highest BCUT2D eigenvalue weighted by atomic mass is 16.5. The molecule has 0 aliphatic heterocycles. The molecule has 0 aliphatic carbocycles. The fourth-order valence-corrected chi connectivity index (χ4v) is 2.64. The zero-order valence-electron chi connectivity index (χ0n) is 17.4. The number of hydrogen-bond acceptors (Lipinski definition) is 3. The molecule has 0 fully saturated rings. The van der Waals surface area contributed by atoms with E-state index in [0.717, 1.165) is 69.3 Å². The third-order valence-electron chi connectivity index (χ3n) is 4.23. The lowest BCUT2D eigenvalue weighted by Gasteiger charge is -2.18. The first kappa shape index (κ1) is 23.0. The van der Waals surface area contributed by atoms with Gasteiger partial charge in [-0.1, -0.05) is 12.1 Å². The number of unbranched alkanes of at least 4 members (excludes halogenated alkanes) is 1. The van der Waals surface area contributed by atoms with Gasteiger partial charge in [0.2, 0.25) is 0 Å². The molecule has 0 bridgehead atoms. The van der Waals surface area contributed by atoms with Gasteiger partial charge in [-0.3, -0.25) is 4.79 Å². The van der Waals surface area contributed by atoms with Crippen molar-refractivity contribution in [1.29, 1.82) is 0 Å². The second-order valence-corrected chi connectivity index (χ2v) is 6.20. The van der Waals surface area contributed by atoms with Gasteiger partial charge < -0.3 is 20.3 Å². The number of rotatable bonds is 12. The van der Waals surface area contributed by atoms with E-state index in [-0.39, 0.29) is 5.91 Å². The minimum Gasteiger partial charge on any atom is -0.382 e. The Balaban J connectivity index is 2.54. The summed E-state index contributed by atoms with van der Waals surface area (Å²) in [6, 6.07) is 7.73. The average Bonchev–Trinajstić information content (AvgIpc) is 2.70. The van der Waals surface area contributed by atoms with Gasteiger partial charge in [-0.05, 0) is 58.2 Å². The molecular weight excluding hydrogens is 340 g/mol. The molecule has 0 atom stereocenters. The van der Waals surface area contributed by atoms with Crippen LogP contribution < -0.4 is 10.6 Å². The zero-order chi connectivity index (χ0) is 19.9. The van der Waals surface area contributed by atoms with Crippen LogP contribution in [0.25, 0.3) is 0 Å². The average molecular weight is 377 g/mol. The Bertz CT molecular complexity index is 554. The van der Waals surface area contributed by atoms with Gasteiger partial charge in [0.05, 0.1) is 6.54 Å². The number of guanidine groups is 1. The smallest absolute Gasteiger partial charge is 0.253 e. The molecule has 1 aromatic carbocycles. The molecule has 152 valence electrons. The van der Waals surface area contributed by atoms with E-state index in [1.54, 1.807) is 0 Å². The Labute approximate surface area is 164 Å². The third-order valence-corrected chi connectivity index (χ3v) is 4.23. The van der Waals surface area contributed by atoms with Crippen LogP contribution in [0.4, 0.5) is 0 Å². The zero-order valence-corrected chi connectivity index (χ0v) is 17.4. The first-order valence-electron chi connectivity index (χ1n) is 10.1. The lowest BCUT2D eigenvalue weighted by molar-refractivity contribution is 0.0773. The summed E-state index contributed by atoms with van der Waals surface area (Å²) in [5.74, 6) is 0.898. The highest BCUT2D eigenvalue weighted by Gasteiger charge is 2.11. The number of nitrogens with zero attached hydrogens (tertiary/aromatic N) is 2. The van der Waals surface area contributed by atoms with E-state index in [2.05, 4.69) is 22.5 Å². The predicted octanol–water partition coefficient (Wildman–Crippen LogP) is 3.04. The van der Waals surface area contributed by atoms with Crippen LogP contribution >= 0.6 is 0 Å². The lowest BCUT2D eigenvalue weighted by Crippen LogP contribution is -2.37. The summed E-state index contributed by atoms with van der Waals surface area (Å²) in [5, 5.41) is 6.61. The van der Waals surface area contributed by atoms with Gasteiger partial charge >= 0.3 is 0 Å². The van der Waals surface area contributed by atoms with Crippen LogP contribution in [0.2, 0.25) is 0 Å². The normalized spacial score (nSPS) is 11.3. The van der Waals surface area contributed by atoms with Crippen molar-refractivity contribution >= 4 is 11.9 Å². The summed E-state index contributed by atoms with van der Waals surface area (Å²) in [4.78, 5) is 18.8. The summed E-state index contributed by atoms with van der Waals surface area (Å²) in [7, 11) is 0. The standard InChI is InChI=1S/C21H36N4O2/c1-5-22-21(23-15-9-10-16-27-8-4)24-17-18-11-13-19(14-12-18)20(26)25(6-2)7-3/h11-14H,5-10,15-17H2,1-4H3,(H2,22,23,24). The molecule has 2 N–H and O–H groups in total. The minimum atomic E-state index is 0.0807. The van der Waals surface area contributed by atoms with Crippen molar-refractivity contribution in [2.75, 3.05) is 39.4 Å². The van der Waals surface area contributed by atoms with E-state index in [1.165, 1.54) is 0 Å². The third kappa shape index (κ3) is 8.91. The van der Waals surface area contributed by atoms with Gasteiger partial charge in [0.25, 0.3) is 5.91 Å². The molecule has 6 nitrogen and oxygen atoms in total. The number of carbonyl (C=O) groups is 1. The Kier molecular flexibility index (Phi) is 11.9. The monoisotopic (exact) mass is 376 g/mol. The highest BCUT2D eigenvalue weighted by Crippen LogP contribution is 2.09. The van der Waals surface area contributed by atoms with Crippen LogP contribution in [-0.2, 0) is 11.3 Å². The van der Waals surface area contributed by atoms with Crippen LogP contribution in [0, 0.1) is 0 Å². The molecular formula is C21H36N4O2. The molecule has 0 saturated heterocycles. The number of amides is 1. The maximum absolute atomic E-state index is 12.4. The first-order chi connectivity index (χ1) is 13.2. The number of aliphatic imine (C=N–C) groups is 1. The maximum atomic E-state index is 12.4. The van der Waals surface area contributed by atoms with E-state index in [1.807, 2.05) is 49.9 Å². The van der Waals surface area contributed by atoms with Crippen LogP contribution in [0.1, 0.15) is 56.5 Å². The number of nitrogens with one attached hydrogen (secondary N) is 2. The molecule has 0 saturated carbocycles. The number of hydrogen-bond donors (Lipinski definition) is 2. The molecule has 6 heteroatoms. The quantitative estimate of drug-likeness (QED) is 0.334. The van der Waals surface area contributed by atoms with E-state index in [9.17, 15) is 4.79 Å². The van der Waals surface area contributed by atoms with Gasteiger partial charge in [0.1, 0.15) is 0 Å². The van der Waals surface area contributed by atoms with E-state index in [4.69, 9.17) is 4.74 Å². The minimum absolute atomic E-state index is 0.0807. The van der Waals surface area contributed by atoms with Gasteiger partial charge in [0, 0.05) is 45.0 Å². The van der Waals surface area contributed by atoms with Gasteiger partial charge in [0.15, 0.2) is 5.96 Å². The van der Waals surface area contributed by atoms with E-state index >= 15 is 0 Å². The van der Waals surface area contributed by atoms with Crippen molar-refractivity contribution in [3.63, 3.8) is 0 Å². The molecule has 1 amide bonds. The summed E-state index contributed by atoms with van der Waals surface area (Å²) >= 11 is 0. The van der Waals surface area contributed by atoms with Crippen LogP contribution in [0.15, 0.2) is 29.3 Å². The topological polar surface area (TPSA) is 66.0 Å². The number of carbonyl (C=O) groups excluding carboxylic acids is 1. The SMILES string of the molecule is CCNC(=NCc1ccc(C(=O)N(CC)CC)cc1)NCCCCOCC. The number of ether oxygens (including phenoxy) is 1. The summed E-state index contributed by atoms with van der Waals surface area (Å²) in [5.41, 5.74) is 1.81. The van der Waals surface area contributed by atoms with Crippen molar-refractivity contribution in [2.24, 2.45) is 4.99 Å². The predicted molar refractivity (Wildman–Crippen MR) is 112 cm³/mol. The Morgan fingerprint density at radius 3 is 2.33 bits per heavy atom. The van der Waals surface area contributed by atoms with Crippen molar-refractivity contribution in [3.05, 3.63) is 35.4 Å². The first-order valence-corrected chi connectivity index (χ1v) is 10.1. The van der Waals surface area contributed by atoms with Gasteiger partial charge in [-0.2, -0.15) is 0 Å². The van der Waals surface area contributed by atoms with Crippen molar-refractivity contribution in [1.82, 2.24) is 15.5 Å². The maximum Gasteiger partial charge on any atom is 0.253 e. The summed E-state index contributed by atoms with van der Waals surface area (Å²) in [6.07, 6.45) is 2.09. The Morgan fingerprint density at radius 2 is 1.74 bits per heavy atom. The lowest BCUT2D eigenvalue weighted by atomic mass is 10.1. The molecule has 1 aromatic rings. The molecule has 1 rings (SSSR count). The molecule has 27 heavy (non-hydrogen) atoms. The Morgan fingerprint density at radius 1 is 1.04 bits per heavy atom. The van der Waals surface area contributed by atoms with Crippen molar-refractivity contribution < 1.29 is 9.53 Å². The fraction of sp³-hybridized carbons (Fsp3) is 0.619. The van der Waals surface area contributed by atoms with Crippen LogP contribution in [0.5, 0.6) is 0 Å². The fourth-order valence-electron chi connectivity index (χ4n) is 2.64. The second-order valence-electron chi connectivity index (χ2n) is 6.20. The van der Waals surface area contributed by atoms with Crippen LogP contribution in [-0.4, -0.2) is 56.2 Å². The summed E-state index contributed by atoms with van der Waals surface area (Å²) in [6.45, 7) is 13.4. The molecule has 0 spiro atoms. The van der Waals surface area contributed by atoms with Crippen molar-refractivity contribution in [3.8, 4) is 0 Å². The highest BCUT2D eigenvalue weighted by molar-refractivity contribution is 5.94. The molecule has 0 radical (unpaired) electrons. The summed E-state index contributed by atoms with van der Waals surface area (Å²) < 4.78 is 5.35. The molecule has 0 heterocycles. The largest absolute Gasteiger partial charge is 0.382 e. The van der Waals surface area contributed by atoms with E-state index < -0.39 is 0 Å². The Hall–Kier alpha value is -2.08. The second kappa shape index (κ2) is 14.0.